The normalized spacial score (nSPS) is 30.9. The Morgan fingerprint density at radius 3 is 2.38 bits per heavy atom. The van der Waals surface area contributed by atoms with E-state index < -0.39 is 18.1 Å². The molecule has 0 unspecified atom stereocenters. The molecule has 2 fully saturated rings. The molecule has 16 heavy (non-hydrogen) atoms. The van der Waals surface area contributed by atoms with Gasteiger partial charge in [-0.1, -0.05) is 12.8 Å². The number of carboxylic acid groups (broad SMARTS) is 1. The minimum Gasteiger partial charge on any atom is -0.480 e. The maximum atomic E-state index is 12.1. The van der Waals surface area contributed by atoms with Crippen molar-refractivity contribution >= 4 is 11.9 Å². The summed E-state index contributed by atoms with van der Waals surface area (Å²) in [4.78, 5) is 24.4. The number of carbonyl (C=O) groups excluding carboxylic acids is 1. The van der Waals surface area contributed by atoms with Crippen LogP contribution in [0.25, 0.3) is 0 Å². The van der Waals surface area contributed by atoms with Gasteiger partial charge in [0, 0.05) is 18.9 Å². The zero-order valence-electron chi connectivity index (χ0n) is 9.13. The third-order valence-corrected chi connectivity index (χ3v) is 3.55. The molecular weight excluding hydrogens is 210 g/mol. The molecule has 5 nitrogen and oxygen atoms in total. The molecule has 0 spiro atoms. The minimum absolute atomic E-state index is 0.0212. The quantitative estimate of drug-likeness (QED) is 0.707. The molecule has 2 atom stereocenters. The highest BCUT2D eigenvalue weighted by Crippen LogP contribution is 2.29. The zero-order valence-corrected chi connectivity index (χ0v) is 9.13. The summed E-state index contributed by atoms with van der Waals surface area (Å²) >= 11 is 0. The number of carbonyl (C=O) groups is 2. The van der Waals surface area contributed by atoms with Crippen molar-refractivity contribution in [2.24, 2.45) is 5.92 Å². The second-order valence-corrected chi connectivity index (χ2v) is 4.72. The number of amides is 1. The van der Waals surface area contributed by atoms with Gasteiger partial charge in [-0.05, 0) is 12.8 Å². The third kappa shape index (κ3) is 2.04. The monoisotopic (exact) mass is 227 g/mol. The number of rotatable bonds is 2. The lowest BCUT2D eigenvalue weighted by Gasteiger charge is -2.24. The molecule has 2 rings (SSSR count). The van der Waals surface area contributed by atoms with Crippen LogP contribution >= 0.6 is 0 Å². The number of likely N-dealkylation sites (tertiary alicyclic amines) is 1. The summed E-state index contributed by atoms with van der Waals surface area (Å²) in [6.07, 6.45) is 3.28. The lowest BCUT2D eigenvalue weighted by molar-refractivity contribution is -0.149. The molecule has 90 valence electrons. The smallest absolute Gasteiger partial charge is 0.326 e. The van der Waals surface area contributed by atoms with E-state index in [1.807, 2.05) is 0 Å². The van der Waals surface area contributed by atoms with Crippen LogP contribution in [0, 0.1) is 5.92 Å². The molecule has 1 amide bonds. The van der Waals surface area contributed by atoms with E-state index in [2.05, 4.69) is 0 Å². The summed E-state index contributed by atoms with van der Waals surface area (Å²) in [5.41, 5.74) is 0. The van der Waals surface area contributed by atoms with Gasteiger partial charge in [-0.2, -0.15) is 0 Å². The molecule has 1 saturated heterocycles. The highest BCUT2D eigenvalue weighted by Gasteiger charge is 2.41. The first-order valence-electron chi connectivity index (χ1n) is 5.81. The van der Waals surface area contributed by atoms with Crippen LogP contribution < -0.4 is 0 Å². The van der Waals surface area contributed by atoms with Crippen LogP contribution in [0.2, 0.25) is 0 Å². The summed E-state index contributed by atoms with van der Waals surface area (Å²) in [6, 6.07) is -0.830. The molecule has 0 aromatic heterocycles. The molecule has 1 saturated carbocycles. The first kappa shape index (κ1) is 11.4. The lowest BCUT2D eigenvalue weighted by atomic mass is 10.1. The topological polar surface area (TPSA) is 77.8 Å². The standard InChI is InChI=1S/C11H17NO4/c13-8-5-9(11(15)16)12(6-8)10(14)7-3-1-2-4-7/h7-9,13H,1-6H2,(H,15,16)/t8-,9+/m1/s1. The lowest BCUT2D eigenvalue weighted by Crippen LogP contribution is -2.43. The van der Waals surface area contributed by atoms with Gasteiger partial charge in [-0.3, -0.25) is 4.79 Å². The first-order chi connectivity index (χ1) is 7.59. The van der Waals surface area contributed by atoms with Crippen LogP contribution in [0.4, 0.5) is 0 Å². The van der Waals surface area contributed by atoms with Crippen LogP contribution in [0.3, 0.4) is 0 Å². The van der Waals surface area contributed by atoms with Crippen molar-refractivity contribution in [3.63, 3.8) is 0 Å². The van der Waals surface area contributed by atoms with Gasteiger partial charge in [-0.15, -0.1) is 0 Å². The van der Waals surface area contributed by atoms with E-state index in [0.29, 0.717) is 0 Å². The summed E-state index contributed by atoms with van der Waals surface area (Å²) in [7, 11) is 0. The van der Waals surface area contributed by atoms with Crippen LogP contribution in [-0.4, -0.2) is 45.7 Å². The number of nitrogens with zero attached hydrogens (tertiary/aromatic N) is 1. The van der Waals surface area contributed by atoms with Gasteiger partial charge in [0.2, 0.25) is 5.91 Å². The van der Waals surface area contributed by atoms with E-state index in [-0.39, 0.29) is 24.8 Å². The molecular formula is C11H17NO4. The van der Waals surface area contributed by atoms with Crippen molar-refractivity contribution in [1.82, 2.24) is 4.90 Å². The van der Waals surface area contributed by atoms with Crippen molar-refractivity contribution < 1.29 is 19.8 Å². The highest BCUT2D eigenvalue weighted by molar-refractivity contribution is 5.86. The SMILES string of the molecule is O=C(O)[C@@H]1C[C@@H](O)CN1C(=O)C1CCCC1. The van der Waals surface area contributed by atoms with Gasteiger partial charge in [0.15, 0.2) is 0 Å². The number of hydrogen-bond acceptors (Lipinski definition) is 3. The molecule has 1 aliphatic heterocycles. The van der Waals surface area contributed by atoms with Crippen molar-refractivity contribution in [2.75, 3.05) is 6.54 Å². The molecule has 0 aromatic rings. The molecule has 0 aromatic carbocycles. The van der Waals surface area contributed by atoms with Crippen molar-refractivity contribution in [2.45, 2.75) is 44.2 Å². The van der Waals surface area contributed by atoms with Crippen LogP contribution in [-0.2, 0) is 9.59 Å². The van der Waals surface area contributed by atoms with Crippen molar-refractivity contribution in [3.05, 3.63) is 0 Å². The summed E-state index contributed by atoms with van der Waals surface area (Å²) in [5, 5.41) is 18.4. The average molecular weight is 227 g/mol. The van der Waals surface area contributed by atoms with E-state index in [4.69, 9.17) is 5.11 Å². The predicted octanol–water partition coefficient (Wildman–Crippen LogP) is 0.223. The molecule has 2 N–H and O–H groups in total. The van der Waals surface area contributed by atoms with Gasteiger partial charge in [0.05, 0.1) is 6.10 Å². The van der Waals surface area contributed by atoms with E-state index in [0.717, 1.165) is 25.7 Å². The largest absolute Gasteiger partial charge is 0.480 e. The Hall–Kier alpha value is -1.10. The van der Waals surface area contributed by atoms with E-state index in [1.54, 1.807) is 0 Å². The number of aliphatic hydroxyl groups excluding tert-OH is 1. The third-order valence-electron chi connectivity index (χ3n) is 3.55. The number of aliphatic carboxylic acids is 1. The molecule has 5 heteroatoms. The van der Waals surface area contributed by atoms with Crippen LogP contribution in [0.5, 0.6) is 0 Å². The molecule has 2 aliphatic rings. The Balaban J connectivity index is 2.06. The molecule has 0 bridgehead atoms. The Morgan fingerprint density at radius 2 is 1.81 bits per heavy atom. The number of β-amino-alcohol motifs (C(OH)–C–C–N with tert-alkyl or cyclic N) is 1. The first-order valence-corrected chi connectivity index (χ1v) is 5.81. The number of hydrogen-bond donors (Lipinski definition) is 2. The summed E-state index contributed by atoms with van der Waals surface area (Å²) in [6.45, 7) is 0.173. The van der Waals surface area contributed by atoms with Crippen LogP contribution in [0.15, 0.2) is 0 Å². The summed E-state index contributed by atoms with van der Waals surface area (Å²) in [5.74, 6) is -1.11. The molecule has 0 radical (unpaired) electrons. The van der Waals surface area contributed by atoms with E-state index in [9.17, 15) is 14.7 Å². The zero-order chi connectivity index (χ0) is 11.7. The molecule has 1 aliphatic carbocycles. The fraction of sp³-hybridized carbons (Fsp3) is 0.818. The Labute approximate surface area is 94.0 Å². The van der Waals surface area contributed by atoms with Gasteiger partial charge in [0.1, 0.15) is 6.04 Å². The Morgan fingerprint density at radius 1 is 1.19 bits per heavy atom. The van der Waals surface area contributed by atoms with Gasteiger partial charge < -0.3 is 15.1 Å². The average Bonchev–Trinajstić information content (AvgIpc) is 2.84. The number of carboxylic acids is 1. The second kappa shape index (κ2) is 4.41. The van der Waals surface area contributed by atoms with Crippen molar-refractivity contribution in [1.29, 1.82) is 0 Å². The van der Waals surface area contributed by atoms with Crippen LogP contribution in [0.1, 0.15) is 32.1 Å². The van der Waals surface area contributed by atoms with Gasteiger partial charge in [0.25, 0.3) is 0 Å². The van der Waals surface area contributed by atoms with E-state index in [1.165, 1.54) is 4.90 Å². The summed E-state index contributed by atoms with van der Waals surface area (Å²) < 4.78 is 0. The minimum atomic E-state index is -1.01. The molecule has 1 heterocycles. The van der Waals surface area contributed by atoms with Gasteiger partial charge >= 0.3 is 5.97 Å². The van der Waals surface area contributed by atoms with Crippen molar-refractivity contribution in [3.8, 4) is 0 Å². The Bertz CT molecular complexity index is 298. The number of aliphatic hydroxyl groups is 1. The fourth-order valence-electron chi connectivity index (χ4n) is 2.70. The Kier molecular flexibility index (Phi) is 3.14. The van der Waals surface area contributed by atoms with E-state index >= 15 is 0 Å². The fourth-order valence-corrected chi connectivity index (χ4v) is 2.70. The maximum absolute atomic E-state index is 12.1. The maximum Gasteiger partial charge on any atom is 0.326 e. The van der Waals surface area contributed by atoms with Gasteiger partial charge in [-0.25, -0.2) is 4.79 Å². The predicted molar refractivity (Wildman–Crippen MR) is 55.7 cm³/mol. The second-order valence-electron chi connectivity index (χ2n) is 4.72. The highest BCUT2D eigenvalue weighted by atomic mass is 16.4.